The number of anilines is 1. The lowest BCUT2D eigenvalue weighted by Gasteiger charge is -2.26. The Balaban J connectivity index is 1.94. The van der Waals surface area contributed by atoms with E-state index < -0.39 is 0 Å². The first kappa shape index (κ1) is 11.1. The molecule has 0 radical (unpaired) electrons. The van der Waals surface area contributed by atoms with Crippen LogP contribution in [0.25, 0.3) is 0 Å². The second-order valence-corrected chi connectivity index (χ2v) is 4.29. The van der Waals surface area contributed by atoms with Crippen molar-refractivity contribution in [1.29, 1.82) is 0 Å². The van der Waals surface area contributed by atoms with Crippen molar-refractivity contribution < 1.29 is 4.79 Å². The quantitative estimate of drug-likeness (QED) is 0.809. The van der Waals surface area contributed by atoms with Gasteiger partial charge in [0.2, 0.25) is 5.91 Å². The molecule has 1 fully saturated rings. The van der Waals surface area contributed by atoms with E-state index in [-0.39, 0.29) is 5.91 Å². The fourth-order valence-electron chi connectivity index (χ4n) is 1.91. The molecule has 3 heteroatoms. The maximum atomic E-state index is 11.7. The number of hydrogen-bond donors (Lipinski definition) is 2. The van der Waals surface area contributed by atoms with Crippen LogP contribution in [-0.4, -0.2) is 19.0 Å². The number of aryl methyl sites for hydroxylation is 1. The Bertz CT molecular complexity index is 372. The van der Waals surface area contributed by atoms with Crippen LogP contribution in [0.4, 0.5) is 5.69 Å². The molecule has 1 aromatic carbocycles. The Labute approximate surface area is 96.2 Å². The van der Waals surface area contributed by atoms with Crippen LogP contribution in [0.1, 0.15) is 18.9 Å². The van der Waals surface area contributed by atoms with Crippen LogP contribution in [-0.2, 0) is 11.2 Å². The van der Waals surface area contributed by atoms with Gasteiger partial charge in [0, 0.05) is 12.1 Å². The van der Waals surface area contributed by atoms with E-state index in [2.05, 4.69) is 23.6 Å². The summed E-state index contributed by atoms with van der Waals surface area (Å²) in [5, 5.41) is 6.17. The smallest absolute Gasteiger partial charge is 0.224 e. The predicted octanol–water partition coefficient (Wildman–Crippen LogP) is 1.80. The van der Waals surface area contributed by atoms with E-state index in [0.29, 0.717) is 12.3 Å². The molecular formula is C13H18N2O. The van der Waals surface area contributed by atoms with Crippen molar-refractivity contribution in [1.82, 2.24) is 5.32 Å². The van der Waals surface area contributed by atoms with Gasteiger partial charge in [0.1, 0.15) is 0 Å². The minimum atomic E-state index is 0.132. The second-order valence-electron chi connectivity index (χ2n) is 4.29. The molecule has 0 saturated carbocycles. The number of benzene rings is 1. The third kappa shape index (κ3) is 2.61. The highest BCUT2D eigenvalue weighted by atomic mass is 16.1. The molecule has 2 N–H and O–H groups in total. The third-order valence-electron chi connectivity index (χ3n) is 3.01. The minimum absolute atomic E-state index is 0.132. The van der Waals surface area contributed by atoms with Gasteiger partial charge in [-0.15, -0.1) is 0 Å². The number of carbonyl (C=O) groups excluding carboxylic acids is 1. The van der Waals surface area contributed by atoms with Crippen molar-refractivity contribution >= 4 is 11.6 Å². The molecule has 86 valence electrons. The normalized spacial score (nSPS) is 15.6. The summed E-state index contributed by atoms with van der Waals surface area (Å²) in [4.78, 5) is 11.7. The molecule has 2 rings (SSSR count). The van der Waals surface area contributed by atoms with Gasteiger partial charge in [0.15, 0.2) is 0 Å². The second kappa shape index (κ2) is 5.12. The zero-order chi connectivity index (χ0) is 11.4. The standard InChI is InChI=1S/C13H18N2O/c1-2-11-5-3-4-6-12(11)15-13(16)7-10-8-14-9-10/h3-6,10,14H,2,7-9H2,1H3,(H,15,16). The Morgan fingerprint density at radius 1 is 1.44 bits per heavy atom. The summed E-state index contributed by atoms with van der Waals surface area (Å²) in [6.07, 6.45) is 1.58. The fraction of sp³-hybridized carbons (Fsp3) is 0.462. The van der Waals surface area contributed by atoms with E-state index in [4.69, 9.17) is 0 Å². The summed E-state index contributed by atoms with van der Waals surface area (Å²) in [7, 11) is 0. The van der Waals surface area contributed by atoms with Crippen molar-refractivity contribution in [3.8, 4) is 0 Å². The molecule has 0 unspecified atom stereocenters. The molecule has 0 aromatic heterocycles. The highest BCUT2D eigenvalue weighted by Gasteiger charge is 2.20. The summed E-state index contributed by atoms with van der Waals surface area (Å²) in [5.41, 5.74) is 2.16. The maximum absolute atomic E-state index is 11.7. The number of para-hydroxylation sites is 1. The van der Waals surface area contributed by atoms with Gasteiger partial charge in [-0.1, -0.05) is 25.1 Å². The van der Waals surface area contributed by atoms with Gasteiger partial charge in [-0.3, -0.25) is 4.79 Å². The molecule has 1 heterocycles. The summed E-state index contributed by atoms with van der Waals surface area (Å²) >= 11 is 0. The van der Waals surface area contributed by atoms with Gasteiger partial charge >= 0.3 is 0 Å². The highest BCUT2D eigenvalue weighted by molar-refractivity contribution is 5.91. The lowest BCUT2D eigenvalue weighted by molar-refractivity contribution is -0.117. The van der Waals surface area contributed by atoms with Crippen LogP contribution in [0.5, 0.6) is 0 Å². The van der Waals surface area contributed by atoms with Crippen molar-refractivity contribution in [2.75, 3.05) is 18.4 Å². The van der Waals surface area contributed by atoms with E-state index in [9.17, 15) is 4.79 Å². The average molecular weight is 218 g/mol. The van der Waals surface area contributed by atoms with Crippen LogP contribution >= 0.6 is 0 Å². The topological polar surface area (TPSA) is 41.1 Å². The molecule has 0 spiro atoms. The van der Waals surface area contributed by atoms with Gasteiger partial charge < -0.3 is 10.6 Å². The van der Waals surface area contributed by atoms with Gasteiger partial charge in [-0.2, -0.15) is 0 Å². The van der Waals surface area contributed by atoms with Gasteiger partial charge in [-0.25, -0.2) is 0 Å². The van der Waals surface area contributed by atoms with E-state index in [1.54, 1.807) is 0 Å². The van der Waals surface area contributed by atoms with Gasteiger partial charge in [0.05, 0.1) is 0 Å². The molecule has 1 aromatic rings. The first-order valence-electron chi connectivity index (χ1n) is 5.88. The zero-order valence-corrected chi connectivity index (χ0v) is 9.62. The third-order valence-corrected chi connectivity index (χ3v) is 3.01. The van der Waals surface area contributed by atoms with Gasteiger partial charge in [0.25, 0.3) is 0 Å². The molecule has 1 saturated heterocycles. The Morgan fingerprint density at radius 2 is 2.19 bits per heavy atom. The highest BCUT2D eigenvalue weighted by Crippen LogP contribution is 2.17. The first-order chi connectivity index (χ1) is 7.79. The van der Waals surface area contributed by atoms with Crippen LogP contribution in [0, 0.1) is 5.92 Å². The molecule has 1 amide bonds. The molecule has 0 bridgehead atoms. The Kier molecular flexibility index (Phi) is 3.57. The lowest BCUT2D eigenvalue weighted by Crippen LogP contribution is -2.43. The Hall–Kier alpha value is -1.35. The predicted molar refractivity (Wildman–Crippen MR) is 65.4 cm³/mol. The molecular weight excluding hydrogens is 200 g/mol. The van der Waals surface area contributed by atoms with E-state index in [0.717, 1.165) is 25.2 Å². The summed E-state index contributed by atoms with van der Waals surface area (Å²) in [6, 6.07) is 7.99. The lowest BCUT2D eigenvalue weighted by atomic mass is 9.99. The monoisotopic (exact) mass is 218 g/mol. The number of carbonyl (C=O) groups is 1. The summed E-state index contributed by atoms with van der Waals surface area (Å²) < 4.78 is 0. The SMILES string of the molecule is CCc1ccccc1NC(=O)CC1CNC1. The van der Waals surface area contributed by atoms with Crippen molar-refractivity contribution in [2.45, 2.75) is 19.8 Å². The van der Waals surface area contributed by atoms with Gasteiger partial charge in [-0.05, 0) is 37.1 Å². The Morgan fingerprint density at radius 3 is 2.81 bits per heavy atom. The first-order valence-corrected chi connectivity index (χ1v) is 5.88. The van der Waals surface area contributed by atoms with Crippen molar-refractivity contribution in [3.63, 3.8) is 0 Å². The number of nitrogens with one attached hydrogen (secondary N) is 2. The number of rotatable bonds is 4. The van der Waals surface area contributed by atoms with E-state index >= 15 is 0 Å². The largest absolute Gasteiger partial charge is 0.326 e. The zero-order valence-electron chi connectivity index (χ0n) is 9.62. The molecule has 1 aliphatic heterocycles. The van der Waals surface area contributed by atoms with Crippen LogP contribution in [0.2, 0.25) is 0 Å². The van der Waals surface area contributed by atoms with E-state index in [1.165, 1.54) is 5.56 Å². The summed E-state index contributed by atoms with van der Waals surface area (Å²) in [5.74, 6) is 0.654. The average Bonchev–Trinajstić information content (AvgIpc) is 2.24. The van der Waals surface area contributed by atoms with Crippen molar-refractivity contribution in [2.24, 2.45) is 5.92 Å². The van der Waals surface area contributed by atoms with Crippen LogP contribution < -0.4 is 10.6 Å². The fourth-order valence-corrected chi connectivity index (χ4v) is 1.91. The molecule has 16 heavy (non-hydrogen) atoms. The van der Waals surface area contributed by atoms with Crippen molar-refractivity contribution in [3.05, 3.63) is 29.8 Å². The van der Waals surface area contributed by atoms with Crippen LogP contribution in [0.3, 0.4) is 0 Å². The number of amides is 1. The molecule has 1 aliphatic rings. The molecule has 3 nitrogen and oxygen atoms in total. The maximum Gasteiger partial charge on any atom is 0.224 e. The molecule has 0 aliphatic carbocycles. The van der Waals surface area contributed by atoms with E-state index in [1.807, 2.05) is 18.2 Å². The molecule has 0 atom stereocenters. The number of hydrogen-bond acceptors (Lipinski definition) is 2. The minimum Gasteiger partial charge on any atom is -0.326 e. The van der Waals surface area contributed by atoms with Crippen LogP contribution in [0.15, 0.2) is 24.3 Å². The summed E-state index contributed by atoms with van der Waals surface area (Å²) in [6.45, 7) is 4.05.